The Balaban J connectivity index is 1.49. The second-order valence-corrected chi connectivity index (χ2v) is 7.32. The van der Waals surface area contributed by atoms with Gasteiger partial charge in [0, 0.05) is 48.0 Å². The molecule has 0 bridgehead atoms. The molecule has 3 aromatic rings. The van der Waals surface area contributed by atoms with Crippen LogP contribution in [-0.2, 0) is 27.2 Å². The fourth-order valence-electron chi connectivity index (χ4n) is 2.98. The van der Waals surface area contributed by atoms with E-state index in [-0.39, 0.29) is 25.2 Å². The average Bonchev–Trinajstić information content (AvgIpc) is 3.44. The van der Waals surface area contributed by atoms with E-state index in [1.54, 1.807) is 18.4 Å². The van der Waals surface area contributed by atoms with Crippen LogP contribution >= 0.6 is 11.3 Å². The highest BCUT2D eigenvalue weighted by atomic mass is 32.1. The number of carbonyl (C=O) groups excluding carboxylic acids is 2. The zero-order valence-corrected chi connectivity index (χ0v) is 17.5. The molecular weight excluding hydrogens is 394 g/mol. The van der Waals surface area contributed by atoms with Gasteiger partial charge in [-0.25, -0.2) is 0 Å². The van der Waals surface area contributed by atoms with Crippen molar-refractivity contribution in [2.45, 2.75) is 33.2 Å². The Kier molecular flexibility index (Phi) is 6.95. The summed E-state index contributed by atoms with van der Waals surface area (Å²) in [5, 5.41) is 7.74. The molecule has 0 aliphatic heterocycles. The number of nitrogens with zero attached hydrogens (tertiary/aromatic N) is 3. The molecule has 0 aromatic carbocycles. The van der Waals surface area contributed by atoms with Crippen LogP contribution < -0.4 is 0 Å². The molecule has 0 unspecified atom stereocenters. The van der Waals surface area contributed by atoms with Gasteiger partial charge in [-0.3, -0.25) is 9.59 Å². The van der Waals surface area contributed by atoms with Crippen LogP contribution in [0.2, 0.25) is 0 Å². The molecule has 0 aliphatic carbocycles. The van der Waals surface area contributed by atoms with Gasteiger partial charge in [-0.15, -0.1) is 0 Å². The lowest BCUT2D eigenvalue weighted by Crippen LogP contribution is -2.15. The number of Topliss-reactive ketones (excluding diaryl/α,β-unsaturated/α-hetero) is 1. The van der Waals surface area contributed by atoms with Crippen molar-refractivity contribution in [2.75, 3.05) is 20.3 Å². The molecule has 154 valence electrons. The largest absolute Gasteiger partial charge is 0.457 e. The quantitative estimate of drug-likeness (QED) is 0.369. The first-order chi connectivity index (χ1) is 14.0. The van der Waals surface area contributed by atoms with Crippen LogP contribution in [0.25, 0.3) is 11.4 Å². The standard InChI is InChI=1S/C20H23N3O5S/c1-13-10-16(14(2)23(13)7-8-26-3)17(24)11-27-19(25)5-4-18-21-20(22-28-18)15-6-9-29-12-15/h6,9-10,12H,4-5,7-8,11H2,1-3H3. The number of rotatable bonds is 10. The number of ketones is 1. The van der Waals surface area contributed by atoms with E-state index in [1.165, 1.54) is 0 Å². The monoisotopic (exact) mass is 417 g/mol. The van der Waals surface area contributed by atoms with Crippen LogP contribution in [0.3, 0.4) is 0 Å². The van der Waals surface area contributed by atoms with Crippen LogP contribution in [0.15, 0.2) is 27.4 Å². The Labute approximate surface area is 172 Å². The summed E-state index contributed by atoms with van der Waals surface area (Å²) >= 11 is 1.54. The lowest BCUT2D eigenvalue weighted by molar-refractivity contribution is -0.142. The minimum absolute atomic E-state index is 0.0609. The molecule has 0 N–H and O–H groups in total. The van der Waals surface area contributed by atoms with Crippen molar-refractivity contribution in [1.29, 1.82) is 0 Å². The smallest absolute Gasteiger partial charge is 0.306 e. The Bertz CT molecular complexity index is 975. The summed E-state index contributed by atoms with van der Waals surface area (Å²) in [5.41, 5.74) is 3.24. The number of hydrogen-bond donors (Lipinski definition) is 0. The molecule has 0 saturated carbocycles. The van der Waals surface area contributed by atoms with E-state index in [1.807, 2.05) is 41.3 Å². The third kappa shape index (κ3) is 5.18. The van der Waals surface area contributed by atoms with Gasteiger partial charge in [0.1, 0.15) is 0 Å². The van der Waals surface area contributed by atoms with Crippen LogP contribution in [0.4, 0.5) is 0 Å². The molecule has 3 aromatic heterocycles. The Morgan fingerprint density at radius 1 is 1.31 bits per heavy atom. The predicted molar refractivity (Wildman–Crippen MR) is 107 cm³/mol. The Morgan fingerprint density at radius 2 is 2.14 bits per heavy atom. The first-order valence-corrected chi connectivity index (χ1v) is 10.1. The third-order valence-corrected chi connectivity index (χ3v) is 5.23. The molecule has 0 saturated heterocycles. The van der Waals surface area contributed by atoms with E-state index in [0.717, 1.165) is 17.0 Å². The summed E-state index contributed by atoms with van der Waals surface area (Å²) in [6.07, 6.45) is 0.321. The maximum absolute atomic E-state index is 12.5. The van der Waals surface area contributed by atoms with Crippen molar-refractivity contribution in [1.82, 2.24) is 14.7 Å². The van der Waals surface area contributed by atoms with E-state index < -0.39 is 5.97 Å². The van der Waals surface area contributed by atoms with Gasteiger partial charge in [-0.2, -0.15) is 16.3 Å². The van der Waals surface area contributed by atoms with E-state index in [9.17, 15) is 9.59 Å². The molecule has 0 atom stereocenters. The zero-order chi connectivity index (χ0) is 20.8. The minimum Gasteiger partial charge on any atom is -0.457 e. The molecule has 0 spiro atoms. The number of carbonyl (C=O) groups is 2. The maximum atomic E-state index is 12.5. The third-order valence-electron chi connectivity index (χ3n) is 4.55. The fourth-order valence-corrected chi connectivity index (χ4v) is 3.61. The van der Waals surface area contributed by atoms with Crippen molar-refractivity contribution < 1.29 is 23.6 Å². The summed E-state index contributed by atoms with van der Waals surface area (Å²) in [5.74, 6) is 0.138. The summed E-state index contributed by atoms with van der Waals surface area (Å²) in [7, 11) is 1.64. The Morgan fingerprint density at radius 3 is 2.86 bits per heavy atom. The van der Waals surface area contributed by atoms with Gasteiger partial charge in [0.2, 0.25) is 17.5 Å². The van der Waals surface area contributed by atoms with Gasteiger partial charge in [0.25, 0.3) is 0 Å². The van der Waals surface area contributed by atoms with Crippen LogP contribution in [0.1, 0.15) is 34.1 Å². The number of aryl methyl sites for hydroxylation is 2. The van der Waals surface area contributed by atoms with Gasteiger partial charge in [-0.1, -0.05) is 5.16 Å². The fraction of sp³-hybridized carbons (Fsp3) is 0.400. The normalized spacial score (nSPS) is 11.0. The zero-order valence-electron chi connectivity index (χ0n) is 16.6. The summed E-state index contributed by atoms with van der Waals surface area (Å²) in [4.78, 5) is 28.7. The van der Waals surface area contributed by atoms with Crippen molar-refractivity contribution in [3.63, 3.8) is 0 Å². The van der Waals surface area contributed by atoms with Crippen molar-refractivity contribution in [3.8, 4) is 11.4 Å². The van der Waals surface area contributed by atoms with E-state index in [0.29, 0.717) is 30.4 Å². The molecule has 8 nitrogen and oxygen atoms in total. The van der Waals surface area contributed by atoms with E-state index in [4.69, 9.17) is 14.0 Å². The number of esters is 1. The van der Waals surface area contributed by atoms with E-state index in [2.05, 4.69) is 10.1 Å². The topological polar surface area (TPSA) is 96.5 Å². The molecular formula is C20H23N3O5S. The van der Waals surface area contributed by atoms with Gasteiger partial charge in [-0.05, 0) is 31.4 Å². The number of aromatic nitrogens is 3. The number of ether oxygens (including phenoxy) is 2. The first kappa shape index (κ1) is 20.9. The molecule has 0 fully saturated rings. The lowest BCUT2D eigenvalue weighted by Gasteiger charge is -2.09. The number of hydrogen-bond acceptors (Lipinski definition) is 8. The molecule has 29 heavy (non-hydrogen) atoms. The molecule has 0 amide bonds. The lowest BCUT2D eigenvalue weighted by atomic mass is 10.1. The SMILES string of the molecule is COCCn1c(C)cc(C(=O)COC(=O)CCc2nc(-c3ccsc3)no2)c1C. The van der Waals surface area contributed by atoms with Gasteiger partial charge >= 0.3 is 5.97 Å². The Hall–Kier alpha value is -2.78. The highest BCUT2D eigenvalue weighted by Crippen LogP contribution is 2.19. The average molecular weight is 417 g/mol. The minimum atomic E-state index is -0.484. The molecule has 3 rings (SSSR count). The molecule has 9 heteroatoms. The summed E-state index contributed by atoms with van der Waals surface area (Å²) in [6.45, 7) is 4.73. The predicted octanol–water partition coefficient (Wildman–Crippen LogP) is 3.22. The number of thiophene rings is 1. The maximum Gasteiger partial charge on any atom is 0.306 e. The molecule has 3 heterocycles. The highest BCUT2D eigenvalue weighted by molar-refractivity contribution is 7.08. The highest BCUT2D eigenvalue weighted by Gasteiger charge is 2.18. The van der Waals surface area contributed by atoms with Crippen LogP contribution in [-0.4, -0.2) is 46.8 Å². The van der Waals surface area contributed by atoms with Crippen molar-refractivity contribution in [2.24, 2.45) is 0 Å². The van der Waals surface area contributed by atoms with Gasteiger partial charge < -0.3 is 18.6 Å². The van der Waals surface area contributed by atoms with Gasteiger partial charge in [0.05, 0.1) is 13.0 Å². The summed E-state index contributed by atoms with van der Waals surface area (Å²) in [6, 6.07) is 3.71. The van der Waals surface area contributed by atoms with E-state index >= 15 is 0 Å². The number of methoxy groups -OCH3 is 1. The summed E-state index contributed by atoms with van der Waals surface area (Å²) < 4.78 is 17.4. The van der Waals surface area contributed by atoms with Gasteiger partial charge in [0.15, 0.2) is 6.61 Å². The molecule has 0 aliphatic rings. The van der Waals surface area contributed by atoms with Crippen LogP contribution in [0.5, 0.6) is 0 Å². The second-order valence-electron chi connectivity index (χ2n) is 6.54. The van der Waals surface area contributed by atoms with Crippen molar-refractivity contribution >= 4 is 23.1 Å². The van der Waals surface area contributed by atoms with Crippen molar-refractivity contribution in [3.05, 3.63) is 45.7 Å². The molecule has 0 radical (unpaired) electrons. The first-order valence-electron chi connectivity index (χ1n) is 9.19. The van der Waals surface area contributed by atoms with Crippen LogP contribution in [0, 0.1) is 13.8 Å². The second kappa shape index (κ2) is 9.62.